The summed E-state index contributed by atoms with van der Waals surface area (Å²) < 4.78 is 5.55. The predicted molar refractivity (Wildman–Crippen MR) is 77.0 cm³/mol. The summed E-state index contributed by atoms with van der Waals surface area (Å²) in [6.45, 7) is 7.90. The molecule has 0 amide bonds. The van der Waals surface area contributed by atoms with Crippen LogP contribution >= 0.6 is 0 Å². The molecule has 0 bridgehead atoms. The maximum absolute atomic E-state index is 6.35. The Morgan fingerprint density at radius 2 is 2.06 bits per heavy atom. The van der Waals surface area contributed by atoms with E-state index in [-0.39, 0.29) is 6.04 Å². The summed E-state index contributed by atoms with van der Waals surface area (Å²) >= 11 is 0. The smallest absolute Gasteiger partial charge is 0.122 e. The van der Waals surface area contributed by atoms with E-state index in [9.17, 15) is 0 Å². The van der Waals surface area contributed by atoms with Crippen molar-refractivity contribution >= 4 is 0 Å². The van der Waals surface area contributed by atoms with Gasteiger partial charge < -0.3 is 15.8 Å². The molecule has 0 aliphatic heterocycles. The SMILES string of the molecule is CCOc1ccc(C(N)C(CC)CNC)cc1C. The minimum atomic E-state index is 0.0804. The van der Waals surface area contributed by atoms with Crippen molar-refractivity contribution in [2.45, 2.75) is 33.2 Å². The molecule has 2 atom stereocenters. The Kier molecular flexibility index (Phi) is 6.16. The fourth-order valence-corrected chi connectivity index (χ4v) is 2.26. The monoisotopic (exact) mass is 250 g/mol. The first kappa shape index (κ1) is 15.0. The zero-order chi connectivity index (χ0) is 13.5. The Balaban J connectivity index is 2.85. The Morgan fingerprint density at radius 1 is 1.33 bits per heavy atom. The molecule has 0 saturated carbocycles. The average molecular weight is 250 g/mol. The molecule has 0 aliphatic carbocycles. The molecule has 1 aromatic carbocycles. The summed E-state index contributed by atoms with van der Waals surface area (Å²) in [5.74, 6) is 1.42. The second-order valence-corrected chi connectivity index (χ2v) is 4.71. The molecule has 1 rings (SSSR count). The molecule has 2 unspecified atom stereocenters. The summed E-state index contributed by atoms with van der Waals surface area (Å²) in [6, 6.07) is 6.34. The van der Waals surface area contributed by atoms with Crippen molar-refractivity contribution in [1.82, 2.24) is 5.32 Å². The van der Waals surface area contributed by atoms with E-state index < -0.39 is 0 Å². The highest BCUT2D eigenvalue weighted by Gasteiger charge is 2.17. The van der Waals surface area contributed by atoms with Gasteiger partial charge in [0.1, 0.15) is 5.75 Å². The molecule has 0 saturated heterocycles. The van der Waals surface area contributed by atoms with Crippen LogP contribution in [0.4, 0.5) is 0 Å². The number of nitrogens with one attached hydrogen (secondary N) is 1. The third-order valence-corrected chi connectivity index (χ3v) is 3.38. The van der Waals surface area contributed by atoms with Gasteiger partial charge in [0.2, 0.25) is 0 Å². The van der Waals surface area contributed by atoms with Gasteiger partial charge in [0, 0.05) is 6.04 Å². The lowest BCUT2D eigenvalue weighted by Gasteiger charge is -2.23. The molecule has 0 fully saturated rings. The van der Waals surface area contributed by atoms with Gasteiger partial charge in [-0.2, -0.15) is 0 Å². The summed E-state index contributed by atoms with van der Waals surface area (Å²) in [5.41, 5.74) is 8.70. The molecule has 3 nitrogen and oxygen atoms in total. The molecule has 0 radical (unpaired) electrons. The lowest BCUT2D eigenvalue weighted by molar-refractivity contribution is 0.337. The van der Waals surface area contributed by atoms with Crippen molar-refractivity contribution in [1.29, 1.82) is 0 Å². The molecule has 18 heavy (non-hydrogen) atoms. The zero-order valence-electron chi connectivity index (χ0n) is 12.0. The van der Waals surface area contributed by atoms with E-state index in [1.807, 2.05) is 20.0 Å². The third-order valence-electron chi connectivity index (χ3n) is 3.38. The van der Waals surface area contributed by atoms with Gasteiger partial charge in [0.05, 0.1) is 6.61 Å². The number of rotatable bonds is 7. The lowest BCUT2D eigenvalue weighted by Crippen LogP contribution is -2.29. The summed E-state index contributed by atoms with van der Waals surface area (Å²) in [5, 5.41) is 3.21. The zero-order valence-corrected chi connectivity index (χ0v) is 12.0. The van der Waals surface area contributed by atoms with Gasteiger partial charge in [-0.25, -0.2) is 0 Å². The van der Waals surface area contributed by atoms with Crippen LogP contribution in [0.2, 0.25) is 0 Å². The second-order valence-electron chi connectivity index (χ2n) is 4.71. The topological polar surface area (TPSA) is 47.3 Å². The number of nitrogens with two attached hydrogens (primary N) is 1. The first-order chi connectivity index (χ1) is 8.63. The van der Waals surface area contributed by atoms with E-state index in [2.05, 4.69) is 31.3 Å². The van der Waals surface area contributed by atoms with Crippen LogP contribution in [-0.2, 0) is 0 Å². The normalized spacial score (nSPS) is 14.3. The quantitative estimate of drug-likeness (QED) is 0.782. The average Bonchev–Trinajstić information content (AvgIpc) is 2.37. The second kappa shape index (κ2) is 7.39. The molecule has 3 heteroatoms. The summed E-state index contributed by atoms with van der Waals surface area (Å²) in [6.07, 6.45) is 1.08. The molecular weight excluding hydrogens is 224 g/mol. The van der Waals surface area contributed by atoms with E-state index in [4.69, 9.17) is 10.5 Å². The fraction of sp³-hybridized carbons (Fsp3) is 0.600. The van der Waals surface area contributed by atoms with Crippen molar-refractivity contribution in [2.75, 3.05) is 20.2 Å². The van der Waals surface area contributed by atoms with Crippen molar-refractivity contribution in [2.24, 2.45) is 11.7 Å². The maximum atomic E-state index is 6.35. The van der Waals surface area contributed by atoms with Crippen LogP contribution in [0.15, 0.2) is 18.2 Å². The summed E-state index contributed by atoms with van der Waals surface area (Å²) in [4.78, 5) is 0. The molecule has 1 aromatic rings. The van der Waals surface area contributed by atoms with Gasteiger partial charge in [0.25, 0.3) is 0 Å². The van der Waals surface area contributed by atoms with Crippen molar-refractivity contribution < 1.29 is 4.74 Å². The van der Waals surface area contributed by atoms with Crippen LogP contribution in [0.1, 0.15) is 37.4 Å². The number of hydrogen-bond donors (Lipinski definition) is 2. The van der Waals surface area contributed by atoms with Gasteiger partial charge >= 0.3 is 0 Å². The van der Waals surface area contributed by atoms with E-state index in [1.54, 1.807) is 0 Å². The van der Waals surface area contributed by atoms with E-state index >= 15 is 0 Å². The number of aryl methyl sites for hydroxylation is 1. The highest BCUT2D eigenvalue weighted by Crippen LogP contribution is 2.26. The summed E-state index contributed by atoms with van der Waals surface area (Å²) in [7, 11) is 1.97. The molecule has 0 spiro atoms. The van der Waals surface area contributed by atoms with Crippen LogP contribution in [0.3, 0.4) is 0 Å². The van der Waals surface area contributed by atoms with Gasteiger partial charge in [0.15, 0.2) is 0 Å². The van der Waals surface area contributed by atoms with E-state index in [0.29, 0.717) is 12.5 Å². The molecule has 0 aromatic heterocycles. The van der Waals surface area contributed by atoms with E-state index in [1.165, 1.54) is 5.56 Å². The minimum Gasteiger partial charge on any atom is -0.494 e. The third kappa shape index (κ3) is 3.72. The number of hydrogen-bond acceptors (Lipinski definition) is 3. The van der Waals surface area contributed by atoms with Crippen molar-refractivity contribution in [3.05, 3.63) is 29.3 Å². The lowest BCUT2D eigenvalue weighted by atomic mass is 9.90. The maximum Gasteiger partial charge on any atom is 0.122 e. The Bertz CT molecular complexity index is 366. The Morgan fingerprint density at radius 3 is 2.56 bits per heavy atom. The molecule has 3 N–H and O–H groups in total. The van der Waals surface area contributed by atoms with Gasteiger partial charge in [-0.15, -0.1) is 0 Å². The first-order valence-corrected chi connectivity index (χ1v) is 6.77. The van der Waals surface area contributed by atoms with Crippen LogP contribution in [-0.4, -0.2) is 20.2 Å². The van der Waals surface area contributed by atoms with Crippen LogP contribution in [0.5, 0.6) is 5.75 Å². The predicted octanol–water partition coefficient (Wildman–Crippen LogP) is 2.64. The largest absolute Gasteiger partial charge is 0.494 e. The van der Waals surface area contributed by atoms with Crippen LogP contribution in [0, 0.1) is 12.8 Å². The number of ether oxygens (including phenoxy) is 1. The first-order valence-electron chi connectivity index (χ1n) is 6.77. The van der Waals surface area contributed by atoms with Crippen LogP contribution in [0.25, 0.3) is 0 Å². The Hall–Kier alpha value is -1.06. The van der Waals surface area contributed by atoms with Gasteiger partial charge in [-0.05, 0) is 50.6 Å². The van der Waals surface area contributed by atoms with Crippen molar-refractivity contribution in [3.63, 3.8) is 0 Å². The number of benzene rings is 1. The fourth-order valence-electron chi connectivity index (χ4n) is 2.26. The van der Waals surface area contributed by atoms with Gasteiger partial charge in [-0.1, -0.05) is 25.5 Å². The molecular formula is C15H26N2O. The van der Waals surface area contributed by atoms with Crippen molar-refractivity contribution in [3.8, 4) is 5.75 Å². The van der Waals surface area contributed by atoms with Gasteiger partial charge in [-0.3, -0.25) is 0 Å². The highest BCUT2D eigenvalue weighted by molar-refractivity contribution is 5.37. The molecule has 0 heterocycles. The van der Waals surface area contributed by atoms with E-state index in [0.717, 1.165) is 24.3 Å². The van der Waals surface area contributed by atoms with Crippen LogP contribution < -0.4 is 15.8 Å². The Labute approximate surface area is 111 Å². The minimum absolute atomic E-state index is 0.0804. The highest BCUT2D eigenvalue weighted by atomic mass is 16.5. The molecule has 102 valence electrons. The molecule has 0 aliphatic rings. The standard InChI is InChI=1S/C15H26N2O/c1-5-12(10-17-4)15(16)13-7-8-14(18-6-2)11(3)9-13/h7-9,12,15,17H,5-6,10,16H2,1-4H3.